The lowest BCUT2D eigenvalue weighted by molar-refractivity contribution is 0.323. The summed E-state index contributed by atoms with van der Waals surface area (Å²) in [6, 6.07) is 27.0. The molecule has 0 atom stereocenters. The number of fused-ring (bicyclic) bond motifs is 1. The van der Waals surface area contributed by atoms with Crippen LogP contribution in [0.3, 0.4) is 0 Å². The molecule has 1 aliphatic rings. The lowest BCUT2D eigenvalue weighted by Gasteiger charge is -2.22. The number of anilines is 1. The van der Waals surface area contributed by atoms with Gasteiger partial charge in [-0.3, -0.25) is 4.99 Å². The van der Waals surface area contributed by atoms with Crippen molar-refractivity contribution in [2.75, 3.05) is 23.8 Å². The van der Waals surface area contributed by atoms with Gasteiger partial charge in [0, 0.05) is 12.3 Å². The molecule has 0 bridgehead atoms. The number of thioether (sulfide) groups is 1. The molecule has 0 amide bonds. The number of hydrogen-bond donors (Lipinski definition) is 0. The quantitative estimate of drug-likeness (QED) is 0.303. The van der Waals surface area contributed by atoms with Gasteiger partial charge in [0.15, 0.2) is 5.13 Å². The highest BCUT2D eigenvalue weighted by molar-refractivity contribution is 8.12. The number of nitrogens with zero attached hydrogens (tertiary/aromatic N) is 3. The first-order valence-electron chi connectivity index (χ1n) is 10.6. The highest BCUT2D eigenvalue weighted by Gasteiger charge is 2.13. The molecule has 160 valence electrons. The summed E-state index contributed by atoms with van der Waals surface area (Å²) in [5.41, 5.74) is 6.46. The normalized spacial score (nSPS) is 14.3. The third-order valence-electron chi connectivity index (χ3n) is 5.14. The van der Waals surface area contributed by atoms with Gasteiger partial charge in [-0.15, -0.1) is 11.8 Å². The minimum Gasteiger partial charge on any atom is -0.492 e. The second-order valence-corrected chi connectivity index (χ2v) is 9.31. The molecule has 4 aromatic rings. The van der Waals surface area contributed by atoms with Gasteiger partial charge < -0.3 is 9.64 Å². The summed E-state index contributed by atoms with van der Waals surface area (Å²) < 4.78 is 7.28. The first-order valence-corrected chi connectivity index (χ1v) is 12.4. The van der Waals surface area contributed by atoms with Crippen molar-refractivity contribution in [3.63, 3.8) is 0 Å². The van der Waals surface area contributed by atoms with Gasteiger partial charge in [0.1, 0.15) is 12.4 Å². The summed E-state index contributed by atoms with van der Waals surface area (Å²) in [5, 5.41) is 1.02. The van der Waals surface area contributed by atoms with Gasteiger partial charge in [-0.25, -0.2) is 4.98 Å². The van der Waals surface area contributed by atoms with Gasteiger partial charge in [0.25, 0.3) is 0 Å². The third kappa shape index (κ3) is 5.21. The van der Waals surface area contributed by atoms with Crippen LogP contribution in [0.15, 0.2) is 89.6 Å². The van der Waals surface area contributed by atoms with Crippen LogP contribution in [-0.2, 0) is 6.54 Å². The molecule has 0 spiro atoms. The van der Waals surface area contributed by atoms with Gasteiger partial charge in [-0.1, -0.05) is 65.9 Å². The van der Waals surface area contributed by atoms with E-state index in [1.807, 2.05) is 29.8 Å². The Morgan fingerprint density at radius 3 is 2.53 bits per heavy atom. The van der Waals surface area contributed by atoms with Crippen molar-refractivity contribution in [2.45, 2.75) is 6.54 Å². The number of para-hydroxylation sites is 1. The Morgan fingerprint density at radius 1 is 0.938 bits per heavy atom. The van der Waals surface area contributed by atoms with E-state index in [2.05, 4.69) is 70.6 Å². The molecule has 0 aliphatic carbocycles. The molecule has 0 unspecified atom stereocenters. The summed E-state index contributed by atoms with van der Waals surface area (Å²) in [7, 11) is 0. The Kier molecular flexibility index (Phi) is 6.51. The molecule has 4 nitrogen and oxygen atoms in total. The van der Waals surface area contributed by atoms with Crippen molar-refractivity contribution in [3.8, 4) is 5.75 Å². The van der Waals surface area contributed by atoms with E-state index in [0.29, 0.717) is 6.61 Å². The van der Waals surface area contributed by atoms with Crippen molar-refractivity contribution in [3.05, 3.63) is 95.7 Å². The molecule has 0 fully saturated rings. The number of aliphatic imine (C=N–C) groups is 1. The van der Waals surface area contributed by atoms with E-state index < -0.39 is 0 Å². The summed E-state index contributed by atoms with van der Waals surface area (Å²) in [4.78, 5) is 11.5. The number of hydrogen-bond acceptors (Lipinski definition) is 6. The fourth-order valence-electron chi connectivity index (χ4n) is 3.51. The van der Waals surface area contributed by atoms with Crippen LogP contribution in [0.1, 0.15) is 11.1 Å². The summed E-state index contributed by atoms with van der Waals surface area (Å²) >= 11 is 3.45. The van der Waals surface area contributed by atoms with E-state index in [0.717, 1.165) is 46.5 Å². The zero-order chi connectivity index (χ0) is 21.6. The van der Waals surface area contributed by atoms with Gasteiger partial charge in [-0.05, 0) is 41.5 Å². The monoisotopic (exact) mass is 457 g/mol. The third-order valence-corrected chi connectivity index (χ3v) is 6.95. The SMILES string of the molecule is C1=N/C(=C\c2ccc(OCCN(Cc3ccccc3)c3nc4ccccc4s3)cc2)CS1. The highest BCUT2D eigenvalue weighted by atomic mass is 32.2. The molecule has 1 aliphatic heterocycles. The van der Waals surface area contributed by atoms with Crippen molar-refractivity contribution >= 4 is 50.1 Å². The van der Waals surface area contributed by atoms with Crippen LogP contribution in [0, 0.1) is 0 Å². The molecule has 3 aromatic carbocycles. The van der Waals surface area contributed by atoms with Crippen molar-refractivity contribution in [1.29, 1.82) is 0 Å². The minimum absolute atomic E-state index is 0.587. The first kappa shape index (κ1) is 20.8. The van der Waals surface area contributed by atoms with Crippen LogP contribution in [0.4, 0.5) is 5.13 Å². The molecule has 1 aromatic heterocycles. The average molecular weight is 458 g/mol. The van der Waals surface area contributed by atoms with Crippen LogP contribution in [0.25, 0.3) is 16.3 Å². The van der Waals surface area contributed by atoms with Crippen LogP contribution in [-0.4, -0.2) is 29.4 Å². The van der Waals surface area contributed by atoms with Crippen LogP contribution in [0.2, 0.25) is 0 Å². The zero-order valence-corrected chi connectivity index (χ0v) is 19.2. The average Bonchev–Trinajstić information content (AvgIpc) is 3.50. The molecule has 0 radical (unpaired) electrons. The summed E-state index contributed by atoms with van der Waals surface area (Å²) in [6.45, 7) is 2.14. The molecule has 0 saturated heterocycles. The Hall–Kier alpha value is -3.09. The van der Waals surface area contributed by atoms with E-state index in [9.17, 15) is 0 Å². The molecule has 2 heterocycles. The first-order chi connectivity index (χ1) is 15.8. The maximum atomic E-state index is 6.08. The number of aromatic nitrogens is 1. The molecular weight excluding hydrogens is 434 g/mol. The van der Waals surface area contributed by atoms with E-state index in [-0.39, 0.29) is 0 Å². The predicted octanol–water partition coefficient (Wildman–Crippen LogP) is 6.50. The van der Waals surface area contributed by atoms with Gasteiger partial charge in [0.2, 0.25) is 0 Å². The van der Waals surface area contributed by atoms with Crippen molar-refractivity contribution in [1.82, 2.24) is 4.98 Å². The number of rotatable bonds is 8. The maximum absolute atomic E-state index is 6.08. The van der Waals surface area contributed by atoms with E-state index >= 15 is 0 Å². The fraction of sp³-hybridized carbons (Fsp3) is 0.154. The van der Waals surface area contributed by atoms with E-state index in [1.54, 1.807) is 23.1 Å². The van der Waals surface area contributed by atoms with E-state index in [1.165, 1.54) is 10.3 Å². The Bertz CT molecular complexity index is 1200. The lowest BCUT2D eigenvalue weighted by Crippen LogP contribution is -2.27. The van der Waals surface area contributed by atoms with Crippen LogP contribution < -0.4 is 9.64 Å². The summed E-state index contributed by atoms with van der Waals surface area (Å²) in [5.74, 6) is 1.82. The van der Waals surface area contributed by atoms with Gasteiger partial charge in [-0.2, -0.15) is 0 Å². The largest absolute Gasteiger partial charge is 0.492 e. The standard InChI is InChI=1S/C26H23N3OS2/c1-2-6-21(7-3-1)17-29(26-28-24-8-4-5-9-25(24)32-26)14-15-30-23-12-10-20(11-13-23)16-22-18-31-19-27-22/h1-13,16,19H,14-15,17-18H2/b22-16-. The smallest absolute Gasteiger partial charge is 0.186 e. The predicted molar refractivity (Wildman–Crippen MR) is 138 cm³/mol. The molecule has 6 heteroatoms. The number of ether oxygens (including phenoxy) is 1. The maximum Gasteiger partial charge on any atom is 0.186 e. The topological polar surface area (TPSA) is 37.7 Å². The van der Waals surface area contributed by atoms with Gasteiger partial charge in [0.05, 0.1) is 28.0 Å². The second kappa shape index (κ2) is 10.0. The minimum atomic E-state index is 0.587. The second-order valence-electron chi connectivity index (χ2n) is 7.47. The van der Waals surface area contributed by atoms with E-state index in [4.69, 9.17) is 9.72 Å². The van der Waals surface area contributed by atoms with Gasteiger partial charge >= 0.3 is 0 Å². The molecule has 0 saturated carbocycles. The highest BCUT2D eigenvalue weighted by Crippen LogP contribution is 2.29. The molecule has 5 rings (SSSR count). The van der Waals surface area contributed by atoms with Crippen LogP contribution in [0.5, 0.6) is 5.75 Å². The molecule has 0 N–H and O–H groups in total. The lowest BCUT2D eigenvalue weighted by atomic mass is 10.2. The van der Waals surface area contributed by atoms with Crippen LogP contribution >= 0.6 is 23.1 Å². The molecular formula is C26H23N3OS2. The zero-order valence-electron chi connectivity index (χ0n) is 17.6. The number of benzene rings is 3. The number of thiazole rings is 1. The van der Waals surface area contributed by atoms with Crippen molar-refractivity contribution in [2.24, 2.45) is 4.99 Å². The summed E-state index contributed by atoms with van der Waals surface area (Å²) in [6.07, 6.45) is 2.12. The Morgan fingerprint density at radius 2 is 1.75 bits per heavy atom. The Balaban J connectivity index is 1.26. The van der Waals surface area contributed by atoms with Crippen molar-refractivity contribution < 1.29 is 4.74 Å². The Labute approximate surface area is 196 Å². The molecule has 32 heavy (non-hydrogen) atoms. The fourth-order valence-corrected chi connectivity index (χ4v) is 5.12.